The summed E-state index contributed by atoms with van der Waals surface area (Å²) in [7, 11) is 0. The Bertz CT molecular complexity index is 416. The third kappa shape index (κ3) is 3.26. The first-order valence-corrected chi connectivity index (χ1v) is 5.38. The van der Waals surface area contributed by atoms with Crippen LogP contribution in [0.3, 0.4) is 0 Å². The van der Waals surface area contributed by atoms with Crippen molar-refractivity contribution >= 4 is 0 Å². The molecule has 0 saturated carbocycles. The van der Waals surface area contributed by atoms with E-state index >= 15 is 0 Å². The summed E-state index contributed by atoms with van der Waals surface area (Å²) in [6.07, 6.45) is 3.75. The normalized spacial score (nSPS) is 10.9. The van der Waals surface area contributed by atoms with E-state index in [-0.39, 0.29) is 11.5 Å². The molecule has 0 aliphatic carbocycles. The van der Waals surface area contributed by atoms with Crippen LogP contribution < -0.4 is 0 Å². The molecule has 1 atom stereocenters. The summed E-state index contributed by atoms with van der Waals surface area (Å²) >= 11 is 0. The maximum absolute atomic E-state index is 8.75. The van der Waals surface area contributed by atoms with E-state index in [0.717, 1.165) is 18.4 Å². The van der Waals surface area contributed by atoms with Crippen LogP contribution >= 0.6 is 0 Å². The predicted molar refractivity (Wildman–Crippen MR) is 63.4 cm³/mol. The van der Waals surface area contributed by atoms with Crippen LogP contribution in [0.2, 0.25) is 0 Å². The summed E-state index contributed by atoms with van der Waals surface area (Å²) in [5.74, 6) is 0.167. The fourth-order valence-corrected chi connectivity index (χ4v) is 1.66. The van der Waals surface area contributed by atoms with Gasteiger partial charge in [-0.2, -0.15) is 10.5 Å². The largest absolute Gasteiger partial charge is 0.192 e. The van der Waals surface area contributed by atoms with Crippen LogP contribution in [0.5, 0.6) is 0 Å². The molecule has 0 aliphatic rings. The lowest BCUT2D eigenvalue weighted by Gasteiger charge is -2.11. The van der Waals surface area contributed by atoms with Crippen molar-refractivity contribution in [3.8, 4) is 12.1 Å². The quantitative estimate of drug-likeness (QED) is 0.713. The van der Waals surface area contributed by atoms with Crippen LogP contribution in [0.25, 0.3) is 0 Å². The number of rotatable bonds is 4. The van der Waals surface area contributed by atoms with Crippen LogP contribution in [0, 0.1) is 22.7 Å². The van der Waals surface area contributed by atoms with Gasteiger partial charge in [0, 0.05) is 5.92 Å². The molecule has 80 valence electrons. The number of hydrogen-bond donors (Lipinski definition) is 0. The second-order valence-corrected chi connectivity index (χ2v) is 3.61. The van der Waals surface area contributed by atoms with Gasteiger partial charge in [-0.25, -0.2) is 0 Å². The molecule has 0 bridgehead atoms. The molecule has 0 fully saturated rings. The lowest BCUT2D eigenvalue weighted by molar-refractivity contribution is 0.716. The van der Waals surface area contributed by atoms with E-state index < -0.39 is 0 Å². The number of nitriles is 2. The molecular weight excluding hydrogens is 196 g/mol. The number of hydrogen-bond acceptors (Lipinski definition) is 2. The molecule has 1 aromatic carbocycles. The van der Waals surface area contributed by atoms with E-state index in [2.05, 4.69) is 6.92 Å². The Balaban J connectivity index is 2.98. The van der Waals surface area contributed by atoms with Gasteiger partial charge < -0.3 is 0 Å². The van der Waals surface area contributed by atoms with Crippen LogP contribution in [0.4, 0.5) is 0 Å². The van der Waals surface area contributed by atoms with Gasteiger partial charge in [0.1, 0.15) is 17.7 Å². The Morgan fingerprint density at radius 1 is 1.25 bits per heavy atom. The number of nitrogens with zero attached hydrogens (tertiary/aromatic N) is 2. The van der Waals surface area contributed by atoms with E-state index in [1.165, 1.54) is 0 Å². The smallest absolute Gasteiger partial charge is 0.126 e. The van der Waals surface area contributed by atoms with Crippen molar-refractivity contribution in [3.05, 3.63) is 47.5 Å². The van der Waals surface area contributed by atoms with Gasteiger partial charge in [0.2, 0.25) is 0 Å². The first-order valence-electron chi connectivity index (χ1n) is 5.38. The molecule has 1 unspecified atom stereocenters. The Hall–Kier alpha value is -2.06. The van der Waals surface area contributed by atoms with Crippen molar-refractivity contribution < 1.29 is 0 Å². The Morgan fingerprint density at radius 2 is 1.88 bits per heavy atom. The van der Waals surface area contributed by atoms with Gasteiger partial charge in [0.05, 0.1) is 0 Å². The maximum atomic E-state index is 8.75. The zero-order valence-electron chi connectivity index (χ0n) is 9.35. The molecule has 0 amide bonds. The van der Waals surface area contributed by atoms with Crippen molar-refractivity contribution in [1.82, 2.24) is 0 Å². The Kier molecular flexibility index (Phi) is 4.83. The molecular formula is C14H14N2. The summed E-state index contributed by atoms with van der Waals surface area (Å²) < 4.78 is 0. The number of allylic oxidation sites excluding steroid dienone is 2. The molecule has 0 aromatic heterocycles. The van der Waals surface area contributed by atoms with Gasteiger partial charge in [-0.1, -0.05) is 43.7 Å². The van der Waals surface area contributed by atoms with Gasteiger partial charge >= 0.3 is 0 Å². The zero-order valence-corrected chi connectivity index (χ0v) is 9.35. The molecule has 0 N–H and O–H groups in total. The third-order valence-electron chi connectivity index (χ3n) is 2.44. The highest BCUT2D eigenvalue weighted by Crippen LogP contribution is 2.23. The fraction of sp³-hybridized carbons (Fsp3) is 0.286. The minimum Gasteiger partial charge on any atom is -0.192 e. The SMILES string of the molecule is CCCC(C=C(C#N)C#N)c1ccccc1. The molecule has 0 saturated heterocycles. The van der Waals surface area contributed by atoms with E-state index in [1.807, 2.05) is 42.5 Å². The van der Waals surface area contributed by atoms with E-state index in [1.54, 1.807) is 6.08 Å². The summed E-state index contributed by atoms with van der Waals surface area (Å²) in [5.41, 5.74) is 1.36. The zero-order chi connectivity index (χ0) is 11.8. The molecule has 0 spiro atoms. The van der Waals surface area contributed by atoms with E-state index in [4.69, 9.17) is 10.5 Å². The van der Waals surface area contributed by atoms with Crippen molar-refractivity contribution in [3.63, 3.8) is 0 Å². The van der Waals surface area contributed by atoms with Crippen LogP contribution in [-0.2, 0) is 0 Å². The van der Waals surface area contributed by atoms with Crippen molar-refractivity contribution in [2.75, 3.05) is 0 Å². The van der Waals surface area contributed by atoms with Crippen LogP contribution in [0.1, 0.15) is 31.2 Å². The molecule has 16 heavy (non-hydrogen) atoms. The van der Waals surface area contributed by atoms with Gasteiger partial charge in [0.25, 0.3) is 0 Å². The molecule has 0 aliphatic heterocycles. The standard InChI is InChI=1S/C14H14N2/c1-2-6-14(9-12(10-15)11-16)13-7-4-3-5-8-13/h3-5,7-9,14H,2,6H2,1H3. The molecule has 1 aromatic rings. The summed E-state index contributed by atoms with van der Waals surface area (Å²) in [6.45, 7) is 2.10. The Morgan fingerprint density at radius 3 is 2.38 bits per heavy atom. The lowest BCUT2D eigenvalue weighted by atomic mass is 9.93. The first-order chi connectivity index (χ1) is 7.81. The molecule has 0 heterocycles. The fourth-order valence-electron chi connectivity index (χ4n) is 1.66. The average molecular weight is 210 g/mol. The monoisotopic (exact) mass is 210 g/mol. The van der Waals surface area contributed by atoms with Gasteiger partial charge in [-0.3, -0.25) is 0 Å². The molecule has 2 nitrogen and oxygen atoms in total. The average Bonchev–Trinajstić information content (AvgIpc) is 2.35. The highest BCUT2D eigenvalue weighted by atomic mass is 14.3. The Labute approximate surface area is 96.4 Å². The van der Waals surface area contributed by atoms with Crippen molar-refractivity contribution in [2.45, 2.75) is 25.7 Å². The summed E-state index contributed by atoms with van der Waals surface area (Å²) in [5, 5.41) is 17.5. The predicted octanol–water partition coefficient (Wildman–Crippen LogP) is 3.54. The number of benzene rings is 1. The van der Waals surface area contributed by atoms with Gasteiger partial charge in [0.15, 0.2) is 0 Å². The topological polar surface area (TPSA) is 47.6 Å². The lowest BCUT2D eigenvalue weighted by Crippen LogP contribution is -1.95. The minimum absolute atomic E-state index is 0.167. The highest BCUT2D eigenvalue weighted by molar-refractivity contribution is 5.38. The van der Waals surface area contributed by atoms with E-state index in [0.29, 0.717) is 0 Å². The van der Waals surface area contributed by atoms with Crippen LogP contribution in [-0.4, -0.2) is 0 Å². The third-order valence-corrected chi connectivity index (χ3v) is 2.44. The van der Waals surface area contributed by atoms with Crippen molar-refractivity contribution in [1.29, 1.82) is 10.5 Å². The highest BCUT2D eigenvalue weighted by Gasteiger charge is 2.08. The van der Waals surface area contributed by atoms with Crippen LogP contribution in [0.15, 0.2) is 42.0 Å². The second-order valence-electron chi connectivity index (χ2n) is 3.61. The maximum Gasteiger partial charge on any atom is 0.126 e. The molecule has 0 radical (unpaired) electrons. The summed E-state index contributed by atoms with van der Waals surface area (Å²) in [6, 6.07) is 13.8. The van der Waals surface area contributed by atoms with Crippen molar-refractivity contribution in [2.24, 2.45) is 0 Å². The van der Waals surface area contributed by atoms with Gasteiger partial charge in [-0.15, -0.1) is 0 Å². The minimum atomic E-state index is 0.167. The molecule has 1 rings (SSSR count). The second kappa shape index (κ2) is 6.43. The summed E-state index contributed by atoms with van der Waals surface area (Å²) in [4.78, 5) is 0. The van der Waals surface area contributed by atoms with E-state index in [9.17, 15) is 0 Å². The van der Waals surface area contributed by atoms with Gasteiger partial charge in [-0.05, 0) is 18.1 Å². The first kappa shape index (κ1) is 12.0. The molecule has 2 heteroatoms.